The largest absolute Gasteiger partial charge is 0.573 e. The number of rotatable bonds is 5. The molecule has 1 aromatic heterocycles. The normalized spacial score (nSPS) is 12.0. The van der Waals surface area contributed by atoms with E-state index in [1.165, 1.54) is 18.2 Å². The van der Waals surface area contributed by atoms with E-state index >= 15 is 0 Å². The summed E-state index contributed by atoms with van der Waals surface area (Å²) < 4.78 is 96.6. The molecule has 2 nitrogen and oxygen atoms in total. The summed E-state index contributed by atoms with van der Waals surface area (Å²) in [5.41, 5.74) is -1.40. The molecule has 0 fully saturated rings. The summed E-state index contributed by atoms with van der Waals surface area (Å²) in [5, 5.41) is 0. The van der Waals surface area contributed by atoms with Gasteiger partial charge < -0.3 is 4.74 Å². The second-order valence-electron chi connectivity index (χ2n) is 6.18. The van der Waals surface area contributed by atoms with Gasteiger partial charge in [-0.25, -0.2) is 8.78 Å². The number of pyridine rings is 1. The number of allylic oxidation sites excluding steroid dienone is 1. The van der Waals surface area contributed by atoms with Crippen LogP contribution in [0.25, 0.3) is 16.7 Å². The van der Waals surface area contributed by atoms with E-state index in [9.17, 15) is 30.7 Å². The number of ether oxygens (including phenoxy) is 1. The Morgan fingerprint density at radius 1 is 0.833 bits per heavy atom. The van der Waals surface area contributed by atoms with Gasteiger partial charge in [0.1, 0.15) is 23.1 Å². The second kappa shape index (κ2) is 7.81. The molecule has 0 saturated heterocycles. The average molecular weight is 427 g/mol. The number of halogens is 7. The van der Waals surface area contributed by atoms with Gasteiger partial charge in [0, 0.05) is 29.0 Å². The molecule has 0 saturated carbocycles. The second-order valence-corrected chi connectivity index (χ2v) is 6.18. The maximum Gasteiger partial charge on any atom is 0.573 e. The van der Waals surface area contributed by atoms with Gasteiger partial charge in [0.2, 0.25) is 0 Å². The van der Waals surface area contributed by atoms with Gasteiger partial charge >= 0.3 is 12.3 Å². The minimum absolute atomic E-state index is 0.353. The zero-order valence-corrected chi connectivity index (χ0v) is 15.0. The highest BCUT2D eigenvalue weighted by atomic mass is 19.4. The van der Waals surface area contributed by atoms with Crippen LogP contribution in [0, 0.1) is 11.6 Å². The summed E-state index contributed by atoms with van der Waals surface area (Å²) in [6.45, 7) is 3.22. The molecule has 156 valence electrons. The van der Waals surface area contributed by atoms with E-state index in [-0.39, 0.29) is 0 Å². The first kappa shape index (κ1) is 21.4. The monoisotopic (exact) mass is 427 g/mol. The molecule has 0 aliphatic heterocycles. The third-order valence-electron chi connectivity index (χ3n) is 4.14. The van der Waals surface area contributed by atoms with E-state index in [1.807, 2.05) is 0 Å². The number of benzene rings is 2. The Morgan fingerprint density at radius 3 is 2.00 bits per heavy atom. The van der Waals surface area contributed by atoms with Crippen LogP contribution in [0.1, 0.15) is 11.3 Å². The summed E-state index contributed by atoms with van der Waals surface area (Å²) in [4.78, 5) is 3.68. The molecule has 0 radical (unpaired) electrons. The Balaban J connectivity index is 1.83. The first-order valence-corrected chi connectivity index (χ1v) is 8.33. The van der Waals surface area contributed by atoms with E-state index in [0.717, 1.165) is 36.5 Å². The molecule has 0 N–H and O–H groups in total. The van der Waals surface area contributed by atoms with Crippen LogP contribution in [0.5, 0.6) is 5.75 Å². The Labute approximate surface area is 166 Å². The van der Waals surface area contributed by atoms with E-state index in [4.69, 9.17) is 0 Å². The zero-order chi connectivity index (χ0) is 22.1. The Morgan fingerprint density at radius 2 is 1.47 bits per heavy atom. The number of alkyl halides is 5. The highest BCUT2D eigenvalue weighted by Crippen LogP contribution is 2.40. The summed E-state index contributed by atoms with van der Waals surface area (Å²) in [6, 6.07) is 9.20. The fourth-order valence-corrected chi connectivity index (χ4v) is 2.66. The highest BCUT2D eigenvalue weighted by molar-refractivity contribution is 5.71. The molecule has 0 amide bonds. The molecular weight excluding hydrogens is 415 g/mol. The van der Waals surface area contributed by atoms with E-state index in [0.29, 0.717) is 17.2 Å². The quantitative estimate of drug-likeness (QED) is 0.421. The number of hydrogen-bond donors (Lipinski definition) is 0. The Hall–Kier alpha value is -3.36. The average Bonchev–Trinajstić information content (AvgIpc) is 2.67. The SMILES string of the molecule is C=C(c1ccc(F)cc1F)C(F)(F)c1ccc(-c2ccc(OC(F)(F)F)cc2)cn1. The van der Waals surface area contributed by atoms with Crippen molar-refractivity contribution in [3.05, 3.63) is 90.3 Å². The summed E-state index contributed by atoms with van der Waals surface area (Å²) in [6.07, 6.45) is -3.74. The maximum atomic E-state index is 14.7. The van der Waals surface area contributed by atoms with Crippen molar-refractivity contribution < 1.29 is 35.5 Å². The fraction of sp³-hybridized carbons (Fsp3) is 0.0952. The van der Waals surface area contributed by atoms with Crippen molar-refractivity contribution in [3.8, 4) is 16.9 Å². The molecule has 0 spiro atoms. The fourth-order valence-electron chi connectivity index (χ4n) is 2.66. The molecule has 0 bridgehead atoms. The zero-order valence-electron chi connectivity index (χ0n) is 15.0. The van der Waals surface area contributed by atoms with Gasteiger partial charge in [-0.3, -0.25) is 4.98 Å². The van der Waals surface area contributed by atoms with E-state index in [2.05, 4.69) is 16.3 Å². The van der Waals surface area contributed by atoms with Gasteiger partial charge in [0.15, 0.2) is 0 Å². The van der Waals surface area contributed by atoms with Gasteiger partial charge in [-0.15, -0.1) is 13.2 Å². The van der Waals surface area contributed by atoms with Crippen molar-refractivity contribution in [1.29, 1.82) is 0 Å². The van der Waals surface area contributed by atoms with Crippen molar-refractivity contribution in [1.82, 2.24) is 4.98 Å². The molecule has 2 aromatic carbocycles. The molecule has 9 heteroatoms. The Kier molecular flexibility index (Phi) is 5.56. The Bertz CT molecular complexity index is 1060. The smallest absolute Gasteiger partial charge is 0.406 e. The molecule has 0 aliphatic rings. The number of hydrogen-bond acceptors (Lipinski definition) is 2. The first-order valence-electron chi connectivity index (χ1n) is 8.33. The van der Waals surface area contributed by atoms with Crippen molar-refractivity contribution in [3.63, 3.8) is 0 Å². The van der Waals surface area contributed by atoms with Crippen LogP contribution in [0.4, 0.5) is 30.7 Å². The summed E-state index contributed by atoms with van der Waals surface area (Å²) in [7, 11) is 0. The van der Waals surface area contributed by atoms with Gasteiger partial charge in [0.25, 0.3) is 0 Å². The number of aromatic nitrogens is 1. The van der Waals surface area contributed by atoms with Crippen LogP contribution in [0.2, 0.25) is 0 Å². The maximum absolute atomic E-state index is 14.7. The lowest BCUT2D eigenvalue weighted by Gasteiger charge is -2.19. The van der Waals surface area contributed by atoms with Gasteiger partial charge in [-0.2, -0.15) is 8.78 Å². The van der Waals surface area contributed by atoms with Crippen LogP contribution in [-0.4, -0.2) is 11.3 Å². The third kappa shape index (κ3) is 4.61. The predicted molar refractivity (Wildman–Crippen MR) is 95.6 cm³/mol. The van der Waals surface area contributed by atoms with E-state index in [1.54, 1.807) is 0 Å². The van der Waals surface area contributed by atoms with Crippen molar-refractivity contribution >= 4 is 5.57 Å². The lowest BCUT2D eigenvalue weighted by atomic mass is 9.97. The molecular formula is C21H12F7NO. The highest BCUT2D eigenvalue weighted by Gasteiger charge is 2.38. The molecule has 0 atom stereocenters. The summed E-state index contributed by atoms with van der Waals surface area (Å²) >= 11 is 0. The molecule has 0 unspecified atom stereocenters. The van der Waals surface area contributed by atoms with Gasteiger partial charge in [0.05, 0.1) is 0 Å². The molecule has 3 rings (SSSR count). The molecule has 30 heavy (non-hydrogen) atoms. The topological polar surface area (TPSA) is 22.1 Å². The van der Waals surface area contributed by atoms with E-state index < -0.39 is 46.5 Å². The van der Waals surface area contributed by atoms with Crippen molar-refractivity contribution in [2.45, 2.75) is 12.3 Å². The molecule has 0 aliphatic carbocycles. The lowest BCUT2D eigenvalue weighted by molar-refractivity contribution is -0.274. The first-order chi connectivity index (χ1) is 14.0. The minimum atomic E-state index is -4.83. The standard InChI is InChI=1S/C21H12F7NO/c1-12(17-8-5-15(22)10-18(17)23)20(24,25)19-9-4-14(11-29-19)13-2-6-16(7-3-13)30-21(26,27)28/h2-11H,1H2. The van der Waals surface area contributed by atoms with Crippen molar-refractivity contribution in [2.24, 2.45) is 0 Å². The predicted octanol–water partition coefficient (Wildman–Crippen LogP) is 6.73. The van der Waals surface area contributed by atoms with Crippen LogP contribution >= 0.6 is 0 Å². The van der Waals surface area contributed by atoms with Crippen LogP contribution in [0.15, 0.2) is 67.4 Å². The molecule has 3 aromatic rings. The summed E-state index contributed by atoms with van der Waals surface area (Å²) in [5.74, 6) is -6.28. The van der Waals surface area contributed by atoms with Crippen LogP contribution in [-0.2, 0) is 5.92 Å². The third-order valence-corrected chi connectivity index (χ3v) is 4.14. The molecule has 1 heterocycles. The lowest BCUT2D eigenvalue weighted by Crippen LogP contribution is -2.18. The number of nitrogens with zero attached hydrogens (tertiary/aromatic N) is 1. The van der Waals surface area contributed by atoms with Crippen molar-refractivity contribution in [2.75, 3.05) is 0 Å². The van der Waals surface area contributed by atoms with Gasteiger partial charge in [-0.1, -0.05) is 24.8 Å². The van der Waals surface area contributed by atoms with Crippen LogP contribution in [0.3, 0.4) is 0 Å². The van der Waals surface area contributed by atoms with Crippen LogP contribution < -0.4 is 4.74 Å². The minimum Gasteiger partial charge on any atom is -0.406 e. The van der Waals surface area contributed by atoms with Gasteiger partial charge in [-0.05, 0) is 35.9 Å².